The number of piperidine rings is 1. The number of hydrogen-bond acceptors (Lipinski definition) is 3. The minimum absolute atomic E-state index is 0.0137. The Morgan fingerprint density at radius 1 is 1.11 bits per heavy atom. The van der Waals surface area contributed by atoms with E-state index in [1.54, 1.807) is 0 Å². The number of ether oxygens (including phenoxy) is 1. The zero-order valence-electron chi connectivity index (χ0n) is 13.6. The molecule has 2 aliphatic heterocycles. The number of rotatable bonds is 3. The topological polar surface area (TPSA) is 24.5 Å². The van der Waals surface area contributed by atoms with E-state index in [9.17, 15) is 0 Å². The largest absolute Gasteiger partial charge is 0.368 e. The molecule has 2 heterocycles. The molecule has 0 aromatic heterocycles. The molecule has 19 heavy (non-hydrogen) atoms. The fraction of sp³-hybridized carbons (Fsp3) is 1.00. The maximum absolute atomic E-state index is 6.18. The van der Waals surface area contributed by atoms with Crippen LogP contribution < -0.4 is 5.32 Å². The molecule has 0 spiro atoms. The van der Waals surface area contributed by atoms with Crippen molar-refractivity contribution in [2.45, 2.75) is 90.1 Å². The van der Waals surface area contributed by atoms with Gasteiger partial charge in [-0.25, -0.2) is 0 Å². The first-order valence-electron chi connectivity index (χ1n) is 7.90. The summed E-state index contributed by atoms with van der Waals surface area (Å²) in [7, 11) is 0. The molecule has 1 unspecified atom stereocenters. The van der Waals surface area contributed by atoms with Crippen LogP contribution in [0.2, 0.25) is 0 Å². The second-order valence-corrected chi connectivity index (χ2v) is 7.79. The zero-order valence-corrected chi connectivity index (χ0v) is 13.6. The van der Waals surface area contributed by atoms with Gasteiger partial charge < -0.3 is 15.0 Å². The fourth-order valence-electron chi connectivity index (χ4n) is 3.69. The summed E-state index contributed by atoms with van der Waals surface area (Å²) in [6.45, 7) is 15.9. The van der Waals surface area contributed by atoms with Gasteiger partial charge in [0, 0.05) is 18.1 Å². The van der Waals surface area contributed by atoms with Crippen molar-refractivity contribution in [2.24, 2.45) is 0 Å². The number of hydrogen-bond donors (Lipinski definition) is 1. The van der Waals surface area contributed by atoms with E-state index in [1.165, 1.54) is 25.9 Å². The van der Waals surface area contributed by atoms with Gasteiger partial charge in [-0.3, -0.25) is 0 Å². The van der Waals surface area contributed by atoms with Crippen LogP contribution >= 0.6 is 0 Å². The molecule has 3 nitrogen and oxygen atoms in total. The summed E-state index contributed by atoms with van der Waals surface area (Å²) >= 11 is 0. The monoisotopic (exact) mass is 268 g/mol. The number of likely N-dealkylation sites (tertiary alicyclic amines) is 1. The standard InChI is InChI=1S/C16H32N2O/c1-12(2)18-9-7-13(8-10-18)17-14-11-15(3,4)19-16(14,5)6/h12-14,17H,7-11H2,1-6H3. The average Bonchev–Trinajstić information content (AvgIpc) is 2.47. The molecule has 0 aromatic rings. The Balaban J connectivity index is 1.86. The highest BCUT2D eigenvalue weighted by atomic mass is 16.5. The first kappa shape index (κ1) is 15.3. The van der Waals surface area contributed by atoms with Gasteiger partial charge in [0.2, 0.25) is 0 Å². The summed E-state index contributed by atoms with van der Waals surface area (Å²) in [6.07, 6.45) is 3.65. The third-order valence-electron chi connectivity index (χ3n) is 4.77. The van der Waals surface area contributed by atoms with E-state index in [0.717, 1.165) is 6.42 Å². The molecule has 2 aliphatic rings. The molecule has 0 amide bonds. The van der Waals surface area contributed by atoms with Gasteiger partial charge in [-0.05, 0) is 73.9 Å². The van der Waals surface area contributed by atoms with E-state index in [0.29, 0.717) is 18.1 Å². The van der Waals surface area contributed by atoms with Crippen molar-refractivity contribution in [3.05, 3.63) is 0 Å². The highest BCUT2D eigenvalue weighted by Crippen LogP contribution is 2.37. The Hall–Kier alpha value is -0.120. The third-order valence-corrected chi connectivity index (χ3v) is 4.77. The smallest absolute Gasteiger partial charge is 0.0787 e. The van der Waals surface area contributed by atoms with Crippen LogP contribution in [-0.4, -0.2) is 47.3 Å². The van der Waals surface area contributed by atoms with E-state index in [2.05, 4.69) is 51.8 Å². The van der Waals surface area contributed by atoms with Crippen LogP contribution in [0.3, 0.4) is 0 Å². The van der Waals surface area contributed by atoms with Crippen molar-refractivity contribution in [3.63, 3.8) is 0 Å². The summed E-state index contributed by atoms with van der Waals surface area (Å²) in [5.74, 6) is 0. The van der Waals surface area contributed by atoms with E-state index in [4.69, 9.17) is 4.74 Å². The fourth-order valence-corrected chi connectivity index (χ4v) is 3.69. The normalized spacial score (nSPS) is 32.1. The van der Waals surface area contributed by atoms with Crippen molar-refractivity contribution in [1.29, 1.82) is 0 Å². The van der Waals surface area contributed by atoms with Gasteiger partial charge in [0.1, 0.15) is 0 Å². The molecule has 3 heteroatoms. The second kappa shape index (κ2) is 5.34. The molecule has 2 fully saturated rings. The van der Waals surface area contributed by atoms with Crippen LogP contribution in [0.4, 0.5) is 0 Å². The predicted molar refractivity (Wildman–Crippen MR) is 80.5 cm³/mol. The van der Waals surface area contributed by atoms with Crippen LogP contribution in [0.15, 0.2) is 0 Å². The molecular formula is C16H32N2O. The Kier molecular flexibility index (Phi) is 4.29. The van der Waals surface area contributed by atoms with Crippen LogP contribution in [0.5, 0.6) is 0 Å². The second-order valence-electron chi connectivity index (χ2n) is 7.79. The van der Waals surface area contributed by atoms with Gasteiger partial charge >= 0.3 is 0 Å². The summed E-state index contributed by atoms with van der Waals surface area (Å²) in [4.78, 5) is 2.58. The third kappa shape index (κ3) is 3.71. The lowest BCUT2D eigenvalue weighted by atomic mass is 9.92. The Morgan fingerprint density at radius 3 is 2.11 bits per heavy atom. The number of nitrogens with zero attached hydrogens (tertiary/aromatic N) is 1. The van der Waals surface area contributed by atoms with E-state index in [1.807, 2.05) is 0 Å². The van der Waals surface area contributed by atoms with Crippen LogP contribution in [0.25, 0.3) is 0 Å². The Morgan fingerprint density at radius 2 is 1.68 bits per heavy atom. The van der Waals surface area contributed by atoms with Gasteiger partial charge in [0.25, 0.3) is 0 Å². The molecule has 1 N–H and O–H groups in total. The molecule has 2 rings (SSSR count). The van der Waals surface area contributed by atoms with Crippen molar-refractivity contribution in [2.75, 3.05) is 13.1 Å². The van der Waals surface area contributed by atoms with E-state index >= 15 is 0 Å². The molecule has 0 saturated carbocycles. The molecule has 0 radical (unpaired) electrons. The van der Waals surface area contributed by atoms with Crippen molar-refractivity contribution in [3.8, 4) is 0 Å². The van der Waals surface area contributed by atoms with Crippen LogP contribution in [-0.2, 0) is 4.74 Å². The lowest BCUT2D eigenvalue weighted by Crippen LogP contribution is -2.52. The first-order valence-corrected chi connectivity index (χ1v) is 7.90. The SMILES string of the molecule is CC(C)N1CCC(NC2CC(C)(C)OC2(C)C)CC1. The van der Waals surface area contributed by atoms with Gasteiger partial charge in [-0.2, -0.15) is 0 Å². The zero-order chi connectivity index (χ0) is 14.3. The summed E-state index contributed by atoms with van der Waals surface area (Å²) in [6, 6.07) is 1.83. The van der Waals surface area contributed by atoms with Crippen molar-refractivity contribution >= 4 is 0 Å². The summed E-state index contributed by atoms with van der Waals surface area (Å²) in [5.41, 5.74) is -0.0293. The molecule has 1 atom stereocenters. The average molecular weight is 268 g/mol. The van der Waals surface area contributed by atoms with Gasteiger partial charge in [0.05, 0.1) is 11.2 Å². The van der Waals surface area contributed by atoms with Gasteiger partial charge in [0.15, 0.2) is 0 Å². The lowest BCUT2D eigenvalue weighted by Gasteiger charge is -2.38. The minimum Gasteiger partial charge on any atom is -0.368 e. The van der Waals surface area contributed by atoms with Gasteiger partial charge in [-0.1, -0.05) is 0 Å². The quantitative estimate of drug-likeness (QED) is 0.852. The van der Waals surface area contributed by atoms with Crippen LogP contribution in [0, 0.1) is 0 Å². The minimum atomic E-state index is -0.0430. The maximum Gasteiger partial charge on any atom is 0.0787 e. The van der Waals surface area contributed by atoms with E-state index < -0.39 is 0 Å². The highest BCUT2D eigenvalue weighted by molar-refractivity contribution is 5.00. The Bertz CT molecular complexity index is 304. The molecular weight excluding hydrogens is 236 g/mol. The molecule has 0 aromatic carbocycles. The Labute approximate surface area is 119 Å². The van der Waals surface area contributed by atoms with Crippen LogP contribution in [0.1, 0.15) is 60.8 Å². The predicted octanol–water partition coefficient (Wildman–Crippen LogP) is 2.79. The molecule has 0 bridgehead atoms. The molecule has 112 valence electrons. The lowest BCUT2D eigenvalue weighted by molar-refractivity contribution is -0.0708. The summed E-state index contributed by atoms with van der Waals surface area (Å²) in [5, 5.41) is 3.87. The number of nitrogens with one attached hydrogen (secondary N) is 1. The maximum atomic E-state index is 6.18. The van der Waals surface area contributed by atoms with Crippen molar-refractivity contribution in [1.82, 2.24) is 10.2 Å². The highest BCUT2D eigenvalue weighted by Gasteiger charge is 2.46. The van der Waals surface area contributed by atoms with Crippen molar-refractivity contribution < 1.29 is 4.74 Å². The first-order chi connectivity index (χ1) is 8.70. The summed E-state index contributed by atoms with van der Waals surface area (Å²) < 4.78 is 6.18. The molecule has 0 aliphatic carbocycles. The molecule has 2 saturated heterocycles. The van der Waals surface area contributed by atoms with Gasteiger partial charge in [-0.15, -0.1) is 0 Å². The van der Waals surface area contributed by atoms with E-state index in [-0.39, 0.29) is 11.2 Å².